The number of carbonyl (C=O) groups is 2. The summed E-state index contributed by atoms with van der Waals surface area (Å²) in [6, 6.07) is 8.56. The molecule has 0 aliphatic rings. The molecule has 1 amide bonds. The summed E-state index contributed by atoms with van der Waals surface area (Å²) in [6.07, 6.45) is -0.463. The number of aldehydes is 1. The number of carboxylic acid groups (broad SMARTS) is 1. The van der Waals surface area contributed by atoms with Crippen molar-refractivity contribution in [3.63, 3.8) is 0 Å². The maximum absolute atomic E-state index is 10.9. The zero-order valence-corrected chi connectivity index (χ0v) is 8.46. The van der Waals surface area contributed by atoms with Crippen molar-refractivity contribution in [1.82, 2.24) is 4.90 Å². The Morgan fingerprint density at radius 1 is 1.47 bits per heavy atom. The fourth-order valence-electron chi connectivity index (χ4n) is 1.24. The van der Waals surface area contributed by atoms with Crippen molar-refractivity contribution in [3.8, 4) is 0 Å². The van der Waals surface area contributed by atoms with Gasteiger partial charge in [-0.3, -0.25) is 4.90 Å². The summed E-state index contributed by atoms with van der Waals surface area (Å²) in [6.45, 7) is 1.79. The van der Waals surface area contributed by atoms with Crippen LogP contribution in [0.4, 0.5) is 4.79 Å². The second kappa shape index (κ2) is 5.14. The summed E-state index contributed by atoms with van der Waals surface area (Å²) < 4.78 is 0. The zero-order valence-electron chi connectivity index (χ0n) is 8.46. The highest BCUT2D eigenvalue weighted by atomic mass is 16.4. The molecular weight excluding hydrogens is 194 g/mol. The molecule has 1 aromatic rings. The number of amides is 1. The minimum atomic E-state index is -1.08. The highest BCUT2D eigenvalue weighted by molar-refractivity contribution is 5.71. The van der Waals surface area contributed by atoms with Crippen molar-refractivity contribution < 1.29 is 14.7 Å². The minimum absolute atomic E-state index is 0.232. The highest BCUT2D eigenvalue weighted by Gasteiger charge is 2.18. The Morgan fingerprint density at radius 2 is 2.07 bits per heavy atom. The van der Waals surface area contributed by atoms with E-state index in [2.05, 4.69) is 0 Å². The van der Waals surface area contributed by atoms with Gasteiger partial charge in [0.05, 0.1) is 6.04 Å². The lowest BCUT2D eigenvalue weighted by Crippen LogP contribution is -2.37. The average Bonchev–Trinajstić information content (AvgIpc) is 2.26. The number of nitrogens with zero attached hydrogens (tertiary/aromatic N) is 1. The second-order valence-corrected chi connectivity index (χ2v) is 3.27. The average molecular weight is 207 g/mol. The summed E-state index contributed by atoms with van der Waals surface area (Å²) >= 11 is 0. The molecule has 0 aliphatic carbocycles. The number of carbonyl (C=O) groups excluding carboxylic acids is 1. The molecule has 15 heavy (non-hydrogen) atoms. The molecule has 1 N–H and O–H groups in total. The predicted octanol–water partition coefficient (Wildman–Crippen LogP) is 1.75. The molecule has 0 unspecified atom stereocenters. The molecule has 1 atom stereocenters. The van der Waals surface area contributed by atoms with Crippen LogP contribution in [0, 0.1) is 0 Å². The Morgan fingerprint density at radius 3 is 2.53 bits per heavy atom. The third-order valence-corrected chi connectivity index (χ3v) is 2.13. The first-order valence-electron chi connectivity index (χ1n) is 4.64. The Hall–Kier alpha value is -1.84. The van der Waals surface area contributed by atoms with Gasteiger partial charge in [-0.25, -0.2) is 4.79 Å². The van der Waals surface area contributed by atoms with Gasteiger partial charge in [0.1, 0.15) is 6.29 Å². The van der Waals surface area contributed by atoms with Gasteiger partial charge in [0, 0.05) is 6.54 Å². The molecule has 0 aliphatic heterocycles. The maximum Gasteiger partial charge on any atom is 0.408 e. The van der Waals surface area contributed by atoms with Crippen LogP contribution in [0.3, 0.4) is 0 Å². The molecule has 80 valence electrons. The van der Waals surface area contributed by atoms with Crippen molar-refractivity contribution in [2.24, 2.45) is 0 Å². The standard InChI is InChI=1S/C11H13NO3/c1-9(8-13)12(11(14)15)7-10-5-3-2-4-6-10/h2-6,8-9H,7H2,1H3,(H,14,15)/t9-/m0/s1. The summed E-state index contributed by atoms with van der Waals surface area (Å²) in [4.78, 5) is 22.5. The van der Waals surface area contributed by atoms with E-state index in [0.29, 0.717) is 6.29 Å². The molecule has 0 saturated carbocycles. The SMILES string of the molecule is C[C@@H](C=O)N(Cc1ccccc1)C(=O)O. The lowest BCUT2D eigenvalue weighted by atomic mass is 10.2. The molecule has 1 rings (SSSR count). The molecule has 0 heterocycles. The van der Waals surface area contributed by atoms with Gasteiger partial charge in [-0.15, -0.1) is 0 Å². The molecule has 0 fully saturated rings. The zero-order chi connectivity index (χ0) is 11.3. The van der Waals surface area contributed by atoms with Gasteiger partial charge in [0.25, 0.3) is 0 Å². The van der Waals surface area contributed by atoms with E-state index in [9.17, 15) is 9.59 Å². The maximum atomic E-state index is 10.9. The van der Waals surface area contributed by atoms with Crippen LogP contribution in [-0.4, -0.2) is 28.4 Å². The summed E-state index contributed by atoms with van der Waals surface area (Å²) in [7, 11) is 0. The Bertz CT molecular complexity index is 337. The number of hydrogen-bond donors (Lipinski definition) is 1. The first kappa shape index (κ1) is 11.2. The van der Waals surface area contributed by atoms with Crippen molar-refractivity contribution >= 4 is 12.4 Å². The van der Waals surface area contributed by atoms with E-state index in [1.165, 1.54) is 0 Å². The molecule has 0 spiro atoms. The van der Waals surface area contributed by atoms with E-state index in [1.807, 2.05) is 30.3 Å². The van der Waals surface area contributed by atoms with Crippen molar-refractivity contribution in [2.75, 3.05) is 0 Å². The van der Waals surface area contributed by atoms with Gasteiger partial charge < -0.3 is 9.90 Å². The lowest BCUT2D eigenvalue weighted by molar-refractivity contribution is -0.111. The van der Waals surface area contributed by atoms with Gasteiger partial charge in [0.2, 0.25) is 0 Å². The normalized spacial score (nSPS) is 11.8. The van der Waals surface area contributed by atoms with Crippen molar-refractivity contribution in [2.45, 2.75) is 19.5 Å². The molecule has 0 radical (unpaired) electrons. The lowest BCUT2D eigenvalue weighted by Gasteiger charge is -2.22. The van der Waals surface area contributed by atoms with Crippen LogP contribution in [0.15, 0.2) is 30.3 Å². The predicted molar refractivity (Wildman–Crippen MR) is 55.5 cm³/mol. The van der Waals surface area contributed by atoms with E-state index >= 15 is 0 Å². The number of rotatable bonds is 4. The smallest absolute Gasteiger partial charge is 0.408 e. The summed E-state index contributed by atoms with van der Waals surface area (Å²) in [5.74, 6) is 0. The highest BCUT2D eigenvalue weighted by Crippen LogP contribution is 2.07. The monoisotopic (exact) mass is 207 g/mol. The molecule has 4 heteroatoms. The third kappa shape index (κ3) is 3.09. The van der Waals surface area contributed by atoms with Crippen LogP contribution >= 0.6 is 0 Å². The first-order chi connectivity index (χ1) is 7.15. The Labute approximate surface area is 88.1 Å². The van der Waals surface area contributed by atoms with E-state index in [-0.39, 0.29) is 6.54 Å². The second-order valence-electron chi connectivity index (χ2n) is 3.27. The van der Waals surface area contributed by atoms with Crippen LogP contribution in [-0.2, 0) is 11.3 Å². The van der Waals surface area contributed by atoms with Crippen LogP contribution in [0.1, 0.15) is 12.5 Å². The fourth-order valence-corrected chi connectivity index (χ4v) is 1.24. The van der Waals surface area contributed by atoms with Crippen LogP contribution < -0.4 is 0 Å². The van der Waals surface area contributed by atoms with Gasteiger partial charge in [-0.1, -0.05) is 30.3 Å². The van der Waals surface area contributed by atoms with E-state index in [4.69, 9.17) is 5.11 Å². The third-order valence-electron chi connectivity index (χ3n) is 2.13. The van der Waals surface area contributed by atoms with Gasteiger partial charge in [0.15, 0.2) is 0 Å². The number of benzene rings is 1. The topological polar surface area (TPSA) is 57.6 Å². The first-order valence-corrected chi connectivity index (χ1v) is 4.64. The van der Waals surface area contributed by atoms with Gasteiger partial charge in [-0.05, 0) is 12.5 Å². The molecule has 0 bridgehead atoms. The van der Waals surface area contributed by atoms with Crippen LogP contribution in [0.2, 0.25) is 0 Å². The van der Waals surface area contributed by atoms with Gasteiger partial charge >= 0.3 is 6.09 Å². The van der Waals surface area contributed by atoms with Crippen LogP contribution in [0.25, 0.3) is 0 Å². The largest absolute Gasteiger partial charge is 0.465 e. The van der Waals surface area contributed by atoms with E-state index in [0.717, 1.165) is 10.5 Å². The number of hydrogen-bond acceptors (Lipinski definition) is 2. The fraction of sp³-hybridized carbons (Fsp3) is 0.273. The van der Waals surface area contributed by atoms with Gasteiger partial charge in [-0.2, -0.15) is 0 Å². The molecule has 0 saturated heterocycles. The Balaban J connectivity index is 2.76. The van der Waals surface area contributed by atoms with Crippen LogP contribution in [0.5, 0.6) is 0 Å². The molecule has 1 aromatic carbocycles. The molecular formula is C11H13NO3. The van der Waals surface area contributed by atoms with E-state index < -0.39 is 12.1 Å². The Kier molecular flexibility index (Phi) is 3.85. The summed E-state index contributed by atoms with van der Waals surface area (Å²) in [5.41, 5.74) is 0.869. The quantitative estimate of drug-likeness (QED) is 0.765. The van der Waals surface area contributed by atoms with Crippen molar-refractivity contribution in [1.29, 1.82) is 0 Å². The minimum Gasteiger partial charge on any atom is -0.465 e. The summed E-state index contributed by atoms with van der Waals surface area (Å²) in [5, 5.41) is 8.90. The molecule has 4 nitrogen and oxygen atoms in total. The van der Waals surface area contributed by atoms with Crippen molar-refractivity contribution in [3.05, 3.63) is 35.9 Å². The van der Waals surface area contributed by atoms with E-state index in [1.54, 1.807) is 6.92 Å². The molecule has 0 aromatic heterocycles.